The standard InChI is InChI=1S/C22H25N3O4S/c1-12(2)19(24-20(26)14-9-15(28-4)11-16(10-14)29-5)21(27)25-22-23-17-7-6-13(3)8-18(17)30-22/h6-12,19H,1-5H3,(H,24,26)(H,23,25,27). The van der Waals surface area contributed by atoms with Gasteiger partial charge in [-0.3, -0.25) is 9.59 Å². The van der Waals surface area contributed by atoms with E-state index in [-0.39, 0.29) is 17.7 Å². The molecule has 158 valence electrons. The summed E-state index contributed by atoms with van der Waals surface area (Å²) < 4.78 is 11.4. The summed E-state index contributed by atoms with van der Waals surface area (Å²) in [7, 11) is 3.03. The minimum absolute atomic E-state index is 0.127. The summed E-state index contributed by atoms with van der Waals surface area (Å²) in [5.41, 5.74) is 2.31. The zero-order valence-electron chi connectivity index (χ0n) is 17.6. The molecule has 0 spiro atoms. The van der Waals surface area contributed by atoms with Crippen LogP contribution < -0.4 is 20.1 Å². The number of amides is 2. The molecule has 7 nitrogen and oxygen atoms in total. The Morgan fingerprint density at radius 2 is 1.70 bits per heavy atom. The third kappa shape index (κ3) is 4.88. The summed E-state index contributed by atoms with van der Waals surface area (Å²) >= 11 is 1.41. The molecule has 3 aromatic rings. The minimum atomic E-state index is -0.733. The van der Waals surface area contributed by atoms with Crippen LogP contribution in [0.2, 0.25) is 0 Å². The smallest absolute Gasteiger partial charge is 0.252 e. The normalized spacial score (nSPS) is 11.9. The highest BCUT2D eigenvalue weighted by atomic mass is 32.1. The van der Waals surface area contributed by atoms with Crippen LogP contribution in [0.15, 0.2) is 36.4 Å². The summed E-state index contributed by atoms with van der Waals surface area (Å²) in [5, 5.41) is 6.15. The van der Waals surface area contributed by atoms with Crippen LogP contribution in [0.25, 0.3) is 10.2 Å². The molecule has 0 radical (unpaired) electrons. The number of nitrogens with one attached hydrogen (secondary N) is 2. The summed E-state index contributed by atoms with van der Waals surface area (Å²) in [5.74, 6) is 0.160. The monoisotopic (exact) mass is 427 g/mol. The van der Waals surface area contributed by atoms with Gasteiger partial charge in [0.25, 0.3) is 5.91 Å². The molecule has 0 saturated carbocycles. The third-order valence-electron chi connectivity index (χ3n) is 4.62. The van der Waals surface area contributed by atoms with Crippen molar-refractivity contribution >= 4 is 38.5 Å². The number of thiazole rings is 1. The Hall–Kier alpha value is -3.13. The van der Waals surface area contributed by atoms with Gasteiger partial charge < -0.3 is 20.1 Å². The van der Waals surface area contributed by atoms with Crippen LogP contribution >= 0.6 is 11.3 Å². The maximum absolute atomic E-state index is 12.9. The first-order valence-electron chi connectivity index (χ1n) is 9.52. The van der Waals surface area contributed by atoms with Gasteiger partial charge in [-0.2, -0.15) is 0 Å². The summed E-state index contributed by atoms with van der Waals surface area (Å²) in [6.07, 6.45) is 0. The molecule has 0 aliphatic carbocycles. The zero-order valence-corrected chi connectivity index (χ0v) is 18.4. The Morgan fingerprint density at radius 1 is 1.03 bits per heavy atom. The lowest BCUT2D eigenvalue weighted by Gasteiger charge is -2.21. The predicted octanol–water partition coefficient (Wildman–Crippen LogP) is 4.02. The second-order valence-electron chi connectivity index (χ2n) is 7.28. The molecule has 2 aromatic carbocycles. The first-order valence-corrected chi connectivity index (χ1v) is 10.3. The molecule has 3 rings (SSSR count). The number of aromatic nitrogens is 1. The van der Waals surface area contributed by atoms with Gasteiger partial charge in [0.15, 0.2) is 5.13 Å². The van der Waals surface area contributed by atoms with E-state index in [1.165, 1.54) is 25.6 Å². The molecule has 8 heteroatoms. The van der Waals surface area contributed by atoms with E-state index in [4.69, 9.17) is 9.47 Å². The molecule has 0 aliphatic rings. The van der Waals surface area contributed by atoms with Crippen LogP contribution in [0.4, 0.5) is 5.13 Å². The van der Waals surface area contributed by atoms with Crippen molar-refractivity contribution in [2.24, 2.45) is 5.92 Å². The van der Waals surface area contributed by atoms with Gasteiger partial charge in [-0.1, -0.05) is 31.3 Å². The molecule has 30 heavy (non-hydrogen) atoms. The van der Waals surface area contributed by atoms with Crippen molar-refractivity contribution < 1.29 is 19.1 Å². The molecular formula is C22H25N3O4S. The maximum Gasteiger partial charge on any atom is 0.252 e. The molecule has 1 aromatic heterocycles. The number of aryl methyl sites for hydroxylation is 1. The zero-order chi connectivity index (χ0) is 21.8. The number of rotatable bonds is 7. The number of carbonyl (C=O) groups is 2. The third-order valence-corrected chi connectivity index (χ3v) is 5.56. The molecule has 1 heterocycles. The van der Waals surface area contributed by atoms with Crippen molar-refractivity contribution in [3.63, 3.8) is 0 Å². The van der Waals surface area contributed by atoms with E-state index in [1.54, 1.807) is 18.2 Å². The SMILES string of the molecule is COc1cc(OC)cc(C(=O)NC(C(=O)Nc2nc3ccc(C)cc3s2)C(C)C)c1. The highest BCUT2D eigenvalue weighted by molar-refractivity contribution is 7.22. The lowest BCUT2D eigenvalue weighted by atomic mass is 10.0. The number of benzene rings is 2. The van der Waals surface area contributed by atoms with Crippen LogP contribution in [-0.4, -0.2) is 37.1 Å². The minimum Gasteiger partial charge on any atom is -0.497 e. The van der Waals surface area contributed by atoms with Gasteiger partial charge in [0, 0.05) is 11.6 Å². The summed E-state index contributed by atoms with van der Waals surface area (Å²) in [4.78, 5) is 30.2. The van der Waals surface area contributed by atoms with Crippen molar-refractivity contribution in [3.8, 4) is 11.5 Å². The second kappa shape index (κ2) is 9.13. The van der Waals surface area contributed by atoms with E-state index >= 15 is 0 Å². The Kier molecular flexibility index (Phi) is 6.56. The molecule has 0 saturated heterocycles. The highest BCUT2D eigenvalue weighted by Crippen LogP contribution is 2.27. The van der Waals surface area contributed by atoms with E-state index in [0.29, 0.717) is 22.2 Å². The topological polar surface area (TPSA) is 89.5 Å². The molecule has 0 aliphatic heterocycles. The molecule has 1 atom stereocenters. The number of nitrogens with zero attached hydrogens (tertiary/aromatic N) is 1. The molecule has 2 amide bonds. The first kappa shape index (κ1) is 21.6. The average molecular weight is 428 g/mol. The largest absolute Gasteiger partial charge is 0.497 e. The number of hydrogen-bond donors (Lipinski definition) is 2. The van der Waals surface area contributed by atoms with Gasteiger partial charge in [-0.25, -0.2) is 4.98 Å². The Morgan fingerprint density at radius 3 is 2.30 bits per heavy atom. The maximum atomic E-state index is 12.9. The second-order valence-corrected chi connectivity index (χ2v) is 8.31. The van der Waals surface area contributed by atoms with E-state index < -0.39 is 6.04 Å². The number of fused-ring (bicyclic) bond motifs is 1. The van der Waals surface area contributed by atoms with Gasteiger partial charge in [0.05, 0.1) is 24.4 Å². The van der Waals surface area contributed by atoms with Crippen molar-refractivity contribution in [1.29, 1.82) is 0 Å². The molecule has 1 unspecified atom stereocenters. The van der Waals surface area contributed by atoms with Crippen LogP contribution in [0.3, 0.4) is 0 Å². The average Bonchev–Trinajstić information content (AvgIpc) is 3.11. The molecular weight excluding hydrogens is 402 g/mol. The molecule has 0 bridgehead atoms. The first-order chi connectivity index (χ1) is 14.3. The van der Waals surface area contributed by atoms with Gasteiger partial charge in [0.1, 0.15) is 17.5 Å². The fourth-order valence-electron chi connectivity index (χ4n) is 2.97. The number of methoxy groups -OCH3 is 2. The van der Waals surface area contributed by atoms with Gasteiger partial charge in [-0.15, -0.1) is 0 Å². The van der Waals surface area contributed by atoms with Crippen molar-refractivity contribution in [2.45, 2.75) is 26.8 Å². The van der Waals surface area contributed by atoms with Gasteiger partial charge in [0.2, 0.25) is 5.91 Å². The Balaban J connectivity index is 1.77. The predicted molar refractivity (Wildman–Crippen MR) is 119 cm³/mol. The fourth-order valence-corrected chi connectivity index (χ4v) is 3.93. The summed E-state index contributed by atoms with van der Waals surface area (Å²) in [6.45, 7) is 5.76. The Labute approximate surface area is 179 Å². The quantitative estimate of drug-likeness (QED) is 0.595. The number of hydrogen-bond acceptors (Lipinski definition) is 6. The van der Waals surface area contributed by atoms with Crippen molar-refractivity contribution in [1.82, 2.24) is 10.3 Å². The lowest BCUT2D eigenvalue weighted by molar-refractivity contribution is -0.118. The van der Waals surface area contributed by atoms with E-state index in [9.17, 15) is 9.59 Å². The molecule has 2 N–H and O–H groups in total. The van der Waals surface area contributed by atoms with E-state index in [2.05, 4.69) is 15.6 Å². The van der Waals surface area contributed by atoms with Gasteiger partial charge in [-0.05, 0) is 42.7 Å². The summed E-state index contributed by atoms with van der Waals surface area (Å²) in [6, 6.07) is 10.1. The van der Waals surface area contributed by atoms with Crippen LogP contribution in [-0.2, 0) is 4.79 Å². The number of ether oxygens (including phenoxy) is 2. The molecule has 0 fully saturated rings. The lowest BCUT2D eigenvalue weighted by Crippen LogP contribution is -2.47. The van der Waals surface area contributed by atoms with E-state index in [0.717, 1.165) is 15.8 Å². The van der Waals surface area contributed by atoms with Gasteiger partial charge >= 0.3 is 0 Å². The van der Waals surface area contributed by atoms with Crippen LogP contribution in [0.5, 0.6) is 11.5 Å². The number of carbonyl (C=O) groups excluding carboxylic acids is 2. The fraction of sp³-hybridized carbons (Fsp3) is 0.318. The van der Waals surface area contributed by atoms with Crippen molar-refractivity contribution in [3.05, 3.63) is 47.5 Å². The number of anilines is 1. The highest BCUT2D eigenvalue weighted by Gasteiger charge is 2.26. The van der Waals surface area contributed by atoms with Crippen LogP contribution in [0.1, 0.15) is 29.8 Å². The Bertz CT molecular complexity index is 1060. The van der Waals surface area contributed by atoms with Crippen LogP contribution in [0, 0.1) is 12.8 Å². The van der Waals surface area contributed by atoms with E-state index in [1.807, 2.05) is 39.0 Å². The van der Waals surface area contributed by atoms with Crippen molar-refractivity contribution in [2.75, 3.05) is 19.5 Å².